The van der Waals surface area contributed by atoms with E-state index in [0.717, 1.165) is 31.3 Å². The summed E-state index contributed by atoms with van der Waals surface area (Å²) in [6, 6.07) is 8.42. The topological polar surface area (TPSA) is 40.1 Å². The Labute approximate surface area is 170 Å². The van der Waals surface area contributed by atoms with Gasteiger partial charge in [0.05, 0.1) is 7.11 Å². The van der Waals surface area contributed by atoms with Crippen LogP contribution in [-0.4, -0.2) is 57.7 Å². The molecule has 1 aliphatic carbocycles. The van der Waals surface area contributed by atoms with Crippen molar-refractivity contribution >= 4 is 11.6 Å². The van der Waals surface area contributed by atoms with Gasteiger partial charge in [-0.25, -0.2) is 0 Å². The van der Waals surface area contributed by atoms with Gasteiger partial charge in [0.2, 0.25) is 0 Å². The van der Waals surface area contributed by atoms with Gasteiger partial charge in [-0.15, -0.1) is 0 Å². The third kappa shape index (κ3) is 4.23. The lowest BCUT2D eigenvalue weighted by atomic mass is 9.73. The van der Waals surface area contributed by atoms with E-state index in [9.17, 15) is 0 Å². The van der Waals surface area contributed by atoms with Crippen LogP contribution in [0.15, 0.2) is 29.3 Å². The first-order valence-electron chi connectivity index (χ1n) is 11.1. The molecule has 0 radical (unpaired) electrons. The number of benzene rings is 1. The van der Waals surface area contributed by atoms with Crippen LogP contribution in [-0.2, 0) is 0 Å². The molecular formula is C23H36N4O. The molecule has 1 atom stereocenters. The lowest BCUT2D eigenvalue weighted by molar-refractivity contribution is 0.203. The molecule has 1 saturated carbocycles. The maximum Gasteiger partial charge on any atom is 0.193 e. The van der Waals surface area contributed by atoms with E-state index >= 15 is 0 Å². The average molecular weight is 385 g/mol. The average Bonchev–Trinajstić information content (AvgIpc) is 3.37. The smallest absolute Gasteiger partial charge is 0.193 e. The van der Waals surface area contributed by atoms with Crippen LogP contribution in [0.3, 0.4) is 0 Å². The fourth-order valence-electron chi connectivity index (χ4n) is 5.43. The van der Waals surface area contributed by atoms with Crippen molar-refractivity contribution in [2.45, 2.75) is 44.9 Å². The molecule has 2 heterocycles. The number of hydrogen-bond donors (Lipinski definition) is 1. The molecule has 5 nitrogen and oxygen atoms in total. The Hall–Kier alpha value is -1.91. The molecule has 0 aromatic heterocycles. The number of hydrogen-bond acceptors (Lipinski definition) is 3. The van der Waals surface area contributed by atoms with Crippen LogP contribution in [0.1, 0.15) is 44.9 Å². The number of rotatable bonds is 4. The number of methoxy groups -OCH3 is 1. The van der Waals surface area contributed by atoms with Crippen LogP contribution in [0.4, 0.5) is 5.69 Å². The van der Waals surface area contributed by atoms with E-state index in [-0.39, 0.29) is 0 Å². The SMILES string of the molecule is CN=C(NCC1CCN(c2cccc(OC)c2)C1)N1CCC2(CCCCC2)C1. The van der Waals surface area contributed by atoms with Gasteiger partial charge in [-0.05, 0) is 49.1 Å². The van der Waals surface area contributed by atoms with Crippen LogP contribution in [0.5, 0.6) is 5.75 Å². The van der Waals surface area contributed by atoms with Gasteiger partial charge in [0, 0.05) is 51.5 Å². The fraction of sp³-hybridized carbons (Fsp3) is 0.696. The van der Waals surface area contributed by atoms with Crippen LogP contribution in [0, 0.1) is 11.3 Å². The highest BCUT2D eigenvalue weighted by molar-refractivity contribution is 5.80. The number of aliphatic imine (C=N–C) groups is 1. The van der Waals surface area contributed by atoms with E-state index in [1.807, 2.05) is 13.1 Å². The summed E-state index contributed by atoms with van der Waals surface area (Å²) in [7, 11) is 3.67. The summed E-state index contributed by atoms with van der Waals surface area (Å²) in [6.45, 7) is 5.59. The number of likely N-dealkylation sites (tertiary alicyclic amines) is 1. The molecule has 1 spiro atoms. The summed E-state index contributed by atoms with van der Waals surface area (Å²) in [5, 5.41) is 3.69. The van der Waals surface area contributed by atoms with E-state index in [1.54, 1.807) is 7.11 Å². The minimum absolute atomic E-state index is 0.576. The number of nitrogens with one attached hydrogen (secondary N) is 1. The van der Waals surface area contributed by atoms with E-state index in [1.165, 1.54) is 63.7 Å². The molecule has 0 bridgehead atoms. The molecule has 5 heteroatoms. The predicted molar refractivity (Wildman–Crippen MR) is 116 cm³/mol. The molecule has 3 fully saturated rings. The Morgan fingerprint density at radius 2 is 2.07 bits per heavy atom. The van der Waals surface area contributed by atoms with Crippen molar-refractivity contribution in [3.63, 3.8) is 0 Å². The maximum absolute atomic E-state index is 5.38. The van der Waals surface area contributed by atoms with Gasteiger partial charge < -0.3 is 19.9 Å². The van der Waals surface area contributed by atoms with Gasteiger partial charge in [-0.1, -0.05) is 25.3 Å². The van der Waals surface area contributed by atoms with Gasteiger partial charge in [-0.3, -0.25) is 4.99 Å². The van der Waals surface area contributed by atoms with Gasteiger partial charge in [0.15, 0.2) is 5.96 Å². The highest BCUT2D eigenvalue weighted by Crippen LogP contribution is 2.43. The quantitative estimate of drug-likeness (QED) is 0.634. The van der Waals surface area contributed by atoms with Crippen molar-refractivity contribution < 1.29 is 4.74 Å². The largest absolute Gasteiger partial charge is 0.497 e. The van der Waals surface area contributed by atoms with E-state index in [4.69, 9.17) is 4.74 Å². The van der Waals surface area contributed by atoms with E-state index in [2.05, 4.69) is 38.3 Å². The molecule has 28 heavy (non-hydrogen) atoms. The molecule has 1 unspecified atom stereocenters. The monoisotopic (exact) mass is 384 g/mol. The third-order valence-corrected chi connectivity index (χ3v) is 7.12. The Balaban J connectivity index is 1.28. The molecule has 2 saturated heterocycles. The van der Waals surface area contributed by atoms with Crippen LogP contribution < -0.4 is 15.0 Å². The van der Waals surface area contributed by atoms with Crippen molar-refractivity contribution in [2.24, 2.45) is 16.3 Å². The summed E-state index contributed by atoms with van der Waals surface area (Å²) >= 11 is 0. The second-order valence-corrected chi connectivity index (χ2v) is 8.96. The Morgan fingerprint density at radius 3 is 2.86 bits per heavy atom. The first kappa shape index (κ1) is 19.4. The molecule has 0 amide bonds. The summed E-state index contributed by atoms with van der Waals surface area (Å²) in [5.74, 6) is 2.71. The maximum atomic E-state index is 5.38. The first-order chi connectivity index (χ1) is 13.7. The van der Waals surface area contributed by atoms with E-state index < -0.39 is 0 Å². The third-order valence-electron chi connectivity index (χ3n) is 7.12. The van der Waals surface area contributed by atoms with Crippen molar-refractivity contribution in [1.29, 1.82) is 0 Å². The van der Waals surface area contributed by atoms with Gasteiger partial charge in [-0.2, -0.15) is 0 Å². The zero-order valence-electron chi connectivity index (χ0n) is 17.6. The van der Waals surface area contributed by atoms with Gasteiger partial charge >= 0.3 is 0 Å². The van der Waals surface area contributed by atoms with Crippen molar-refractivity contribution in [3.05, 3.63) is 24.3 Å². The molecule has 3 aliphatic rings. The Morgan fingerprint density at radius 1 is 1.21 bits per heavy atom. The van der Waals surface area contributed by atoms with Crippen LogP contribution in [0.25, 0.3) is 0 Å². The second-order valence-electron chi connectivity index (χ2n) is 8.96. The Bertz CT molecular complexity index is 683. The molecule has 2 aliphatic heterocycles. The first-order valence-corrected chi connectivity index (χ1v) is 11.1. The molecule has 154 valence electrons. The predicted octanol–water partition coefficient (Wildman–Crippen LogP) is 3.75. The van der Waals surface area contributed by atoms with Crippen molar-refractivity contribution in [2.75, 3.05) is 51.8 Å². The molecule has 1 N–H and O–H groups in total. The highest BCUT2D eigenvalue weighted by Gasteiger charge is 2.39. The summed E-state index contributed by atoms with van der Waals surface area (Å²) in [6.07, 6.45) is 9.67. The summed E-state index contributed by atoms with van der Waals surface area (Å²) in [4.78, 5) is 9.60. The lowest BCUT2D eigenvalue weighted by Gasteiger charge is -2.33. The van der Waals surface area contributed by atoms with Crippen LogP contribution in [0.2, 0.25) is 0 Å². The normalized spacial score (nSPS) is 24.8. The minimum atomic E-state index is 0.576. The molecule has 1 aromatic rings. The van der Waals surface area contributed by atoms with Crippen molar-refractivity contribution in [1.82, 2.24) is 10.2 Å². The lowest BCUT2D eigenvalue weighted by Crippen LogP contribution is -2.43. The second kappa shape index (κ2) is 8.62. The zero-order valence-corrected chi connectivity index (χ0v) is 17.6. The Kier molecular flexibility index (Phi) is 5.98. The number of guanidine groups is 1. The fourth-order valence-corrected chi connectivity index (χ4v) is 5.43. The summed E-state index contributed by atoms with van der Waals surface area (Å²) < 4.78 is 5.38. The molecule has 4 rings (SSSR count). The van der Waals surface area contributed by atoms with Gasteiger partial charge in [0.25, 0.3) is 0 Å². The molecular weight excluding hydrogens is 348 g/mol. The van der Waals surface area contributed by atoms with Gasteiger partial charge in [0.1, 0.15) is 5.75 Å². The summed E-state index contributed by atoms with van der Waals surface area (Å²) in [5.41, 5.74) is 1.84. The molecule has 1 aromatic carbocycles. The van der Waals surface area contributed by atoms with Crippen molar-refractivity contribution in [3.8, 4) is 5.75 Å². The standard InChI is InChI=1S/C23H36N4O/c1-24-22(27-14-12-23(18-27)10-4-3-5-11-23)25-16-19-9-13-26(17-19)20-7-6-8-21(15-20)28-2/h6-8,15,19H,3-5,9-14,16-18H2,1-2H3,(H,24,25). The highest BCUT2D eigenvalue weighted by atomic mass is 16.5. The van der Waals surface area contributed by atoms with Crippen LogP contribution >= 0.6 is 0 Å². The number of ether oxygens (including phenoxy) is 1. The number of nitrogens with zero attached hydrogens (tertiary/aromatic N) is 3. The minimum Gasteiger partial charge on any atom is -0.497 e. The zero-order chi connectivity index (χ0) is 19.4. The van der Waals surface area contributed by atoms with E-state index in [0.29, 0.717) is 11.3 Å². The number of anilines is 1.